The maximum atomic E-state index is 12.1. The molecule has 9 heteroatoms. The molecule has 0 unspecified atom stereocenters. The van der Waals surface area contributed by atoms with Gasteiger partial charge in [-0.15, -0.1) is 10.2 Å². The van der Waals surface area contributed by atoms with Gasteiger partial charge in [-0.3, -0.25) is 4.79 Å². The summed E-state index contributed by atoms with van der Waals surface area (Å²) >= 11 is 4.81. The summed E-state index contributed by atoms with van der Waals surface area (Å²) in [7, 11) is 3.46. The zero-order valence-corrected chi connectivity index (χ0v) is 17.7. The molecule has 0 saturated carbocycles. The van der Waals surface area contributed by atoms with Crippen LogP contribution >= 0.6 is 27.7 Å². The van der Waals surface area contributed by atoms with Crippen LogP contribution in [0.5, 0.6) is 5.75 Å². The number of ether oxygens (including phenoxy) is 1. The van der Waals surface area contributed by atoms with E-state index < -0.39 is 0 Å². The van der Waals surface area contributed by atoms with Gasteiger partial charge in [0.2, 0.25) is 0 Å². The number of rotatable bonds is 7. The zero-order valence-electron chi connectivity index (χ0n) is 15.3. The summed E-state index contributed by atoms with van der Waals surface area (Å²) in [6.45, 7) is 0. The second kappa shape index (κ2) is 9.52. The molecule has 0 radical (unpaired) electrons. The van der Waals surface area contributed by atoms with Crippen molar-refractivity contribution in [2.75, 3.05) is 12.9 Å². The van der Waals surface area contributed by atoms with Crippen LogP contribution in [0.25, 0.3) is 11.4 Å². The smallest absolute Gasteiger partial charge is 0.250 e. The van der Waals surface area contributed by atoms with E-state index in [1.807, 2.05) is 60.1 Å². The van der Waals surface area contributed by atoms with Gasteiger partial charge in [0.15, 0.2) is 11.0 Å². The quantitative estimate of drug-likeness (QED) is 0.332. The van der Waals surface area contributed by atoms with E-state index in [1.54, 1.807) is 13.3 Å². The number of hydrazone groups is 1. The average Bonchev–Trinajstić information content (AvgIpc) is 3.07. The molecule has 0 atom stereocenters. The van der Waals surface area contributed by atoms with E-state index in [4.69, 9.17) is 4.74 Å². The minimum absolute atomic E-state index is 0.172. The lowest BCUT2D eigenvalue weighted by Gasteiger charge is -2.05. The Bertz CT molecular complexity index is 1010. The summed E-state index contributed by atoms with van der Waals surface area (Å²) in [5.74, 6) is 1.35. The molecule has 3 aromatic rings. The van der Waals surface area contributed by atoms with Gasteiger partial charge in [-0.2, -0.15) is 5.10 Å². The van der Waals surface area contributed by atoms with Crippen LogP contribution in [0.2, 0.25) is 0 Å². The summed E-state index contributed by atoms with van der Waals surface area (Å²) in [4.78, 5) is 12.1. The summed E-state index contributed by atoms with van der Waals surface area (Å²) in [5.41, 5.74) is 4.23. The first-order valence-electron chi connectivity index (χ1n) is 8.32. The molecular formula is C19H18BrN5O2S. The van der Waals surface area contributed by atoms with Crippen molar-refractivity contribution in [2.24, 2.45) is 12.1 Å². The Labute approximate surface area is 175 Å². The van der Waals surface area contributed by atoms with Gasteiger partial charge in [-0.05, 0) is 18.2 Å². The van der Waals surface area contributed by atoms with Crippen LogP contribution in [0.4, 0.5) is 0 Å². The van der Waals surface area contributed by atoms with E-state index in [9.17, 15) is 4.79 Å². The van der Waals surface area contributed by atoms with Crippen LogP contribution in [-0.4, -0.2) is 39.7 Å². The number of nitrogens with one attached hydrogen (secondary N) is 1. The van der Waals surface area contributed by atoms with Crippen molar-refractivity contribution in [1.29, 1.82) is 0 Å². The lowest BCUT2D eigenvalue weighted by molar-refractivity contribution is -0.118. The summed E-state index contributed by atoms with van der Waals surface area (Å²) in [6, 6.07) is 15.2. The van der Waals surface area contributed by atoms with Gasteiger partial charge in [0.05, 0.1) is 19.1 Å². The fraction of sp³-hybridized carbons (Fsp3) is 0.158. The highest BCUT2D eigenvalue weighted by atomic mass is 79.9. The first-order valence-corrected chi connectivity index (χ1v) is 10.1. The molecule has 0 aliphatic heterocycles. The third-order valence-corrected chi connectivity index (χ3v) is 5.53. The fourth-order valence-corrected chi connectivity index (χ4v) is 3.59. The zero-order chi connectivity index (χ0) is 19.9. The molecule has 1 heterocycles. The van der Waals surface area contributed by atoms with E-state index in [-0.39, 0.29) is 11.7 Å². The molecule has 1 N–H and O–H groups in total. The minimum Gasteiger partial charge on any atom is -0.496 e. The number of carbonyl (C=O) groups excluding carboxylic acids is 1. The van der Waals surface area contributed by atoms with Crippen LogP contribution in [0.15, 0.2) is 63.3 Å². The van der Waals surface area contributed by atoms with Gasteiger partial charge in [0.25, 0.3) is 5.91 Å². The minimum atomic E-state index is -0.235. The lowest BCUT2D eigenvalue weighted by Crippen LogP contribution is -2.20. The number of aromatic nitrogens is 3. The van der Waals surface area contributed by atoms with Crippen molar-refractivity contribution in [3.63, 3.8) is 0 Å². The predicted octanol–water partition coefficient (Wildman–Crippen LogP) is 3.50. The summed E-state index contributed by atoms with van der Waals surface area (Å²) in [6.07, 6.45) is 1.55. The van der Waals surface area contributed by atoms with E-state index in [2.05, 4.69) is 36.7 Å². The predicted molar refractivity (Wildman–Crippen MR) is 114 cm³/mol. The SMILES string of the molecule is COc1ccccc1C=NNC(=O)CSc1nnc(-c2ccccc2Br)n1C. The molecule has 0 aliphatic carbocycles. The highest BCUT2D eigenvalue weighted by Gasteiger charge is 2.14. The monoisotopic (exact) mass is 459 g/mol. The number of hydrogen-bond acceptors (Lipinski definition) is 6. The third-order valence-electron chi connectivity index (χ3n) is 3.81. The Morgan fingerprint density at radius 2 is 2.00 bits per heavy atom. The van der Waals surface area contributed by atoms with Crippen molar-refractivity contribution in [3.05, 3.63) is 58.6 Å². The van der Waals surface area contributed by atoms with Crippen LogP contribution in [0.1, 0.15) is 5.56 Å². The molecule has 2 aromatic carbocycles. The number of carbonyl (C=O) groups is 1. The van der Waals surface area contributed by atoms with Crippen molar-refractivity contribution >= 4 is 39.8 Å². The maximum absolute atomic E-state index is 12.1. The molecule has 1 aromatic heterocycles. The topological polar surface area (TPSA) is 81.4 Å². The molecule has 0 aliphatic rings. The van der Waals surface area contributed by atoms with Crippen molar-refractivity contribution < 1.29 is 9.53 Å². The Morgan fingerprint density at radius 3 is 2.79 bits per heavy atom. The Balaban J connectivity index is 1.58. The van der Waals surface area contributed by atoms with Crippen LogP contribution in [0, 0.1) is 0 Å². The number of thioether (sulfide) groups is 1. The van der Waals surface area contributed by atoms with Gasteiger partial charge in [0.1, 0.15) is 5.75 Å². The highest BCUT2D eigenvalue weighted by Crippen LogP contribution is 2.28. The normalized spacial score (nSPS) is 11.0. The van der Waals surface area contributed by atoms with Gasteiger partial charge >= 0.3 is 0 Å². The van der Waals surface area contributed by atoms with Gasteiger partial charge < -0.3 is 9.30 Å². The number of amides is 1. The van der Waals surface area contributed by atoms with Crippen LogP contribution < -0.4 is 10.2 Å². The molecule has 28 heavy (non-hydrogen) atoms. The maximum Gasteiger partial charge on any atom is 0.250 e. The second-order valence-electron chi connectivity index (χ2n) is 5.67. The first-order chi connectivity index (χ1) is 13.6. The second-order valence-corrected chi connectivity index (χ2v) is 7.47. The summed E-state index contributed by atoms with van der Waals surface area (Å²) < 4.78 is 8.03. The molecule has 7 nitrogen and oxygen atoms in total. The summed E-state index contributed by atoms with van der Waals surface area (Å²) in [5, 5.41) is 13.0. The van der Waals surface area contributed by atoms with Crippen molar-refractivity contribution in [3.8, 4) is 17.1 Å². The Morgan fingerprint density at radius 1 is 1.25 bits per heavy atom. The molecule has 0 fully saturated rings. The van der Waals surface area contributed by atoms with Crippen LogP contribution in [0.3, 0.4) is 0 Å². The fourth-order valence-electron chi connectivity index (χ4n) is 2.43. The molecule has 0 saturated heterocycles. The molecule has 0 spiro atoms. The van der Waals surface area contributed by atoms with Gasteiger partial charge in [-0.1, -0.05) is 58.0 Å². The largest absolute Gasteiger partial charge is 0.496 e. The van der Waals surface area contributed by atoms with E-state index >= 15 is 0 Å². The Kier molecular flexibility index (Phi) is 6.83. The van der Waals surface area contributed by atoms with Gasteiger partial charge in [0, 0.05) is 22.6 Å². The number of para-hydroxylation sites is 1. The highest BCUT2D eigenvalue weighted by molar-refractivity contribution is 9.10. The number of methoxy groups -OCH3 is 1. The number of nitrogens with zero attached hydrogens (tertiary/aromatic N) is 4. The average molecular weight is 460 g/mol. The number of hydrogen-bond donors (Lipinski definition) is 1. The number of halogens is 1. The molecule has 144 valence electrons. The van der Waals surface area contributed by atoms with E-state index in [0.717, 1.165) is 21.4 Å². The molecule has 0 bridgehead atoms. The first kappa shape index (κ1) is 20.1. The van der Waals surface area contributed by atoms with Crippen molar-refractivity contribution in [1.82, 2.24) is 20.2 Å². The number of benzene rings is 2. The van der Waals surface area contributed by atoms with E-state index in [0.29, 0.717) is 10.9 Å². The van der Waals surface area contributed by atoms with Crippen molar-refractivity contribution in [2.45, 2.75) is 5.16 Å². The molecular weight excluding hydrogens is 442 g/mol. The molecule has 3 rings (SSSR count). The van der Waals surface area contributed by atoms with Crippen LogP contribution in [-0.2, 0) is 11.8 Å². The standard InChI is InChI=1S/C19H18BrN5O2S/c1-25-18(14-8-4-5-9-15(14)20)23-24-19(25)28-12-17(26)22-21-11-13-7-3-6-10-16(13)27-2/h3-11H,12H2,1-2H3,(H,22,26). The third kappa shape index (κ3) is 4.79. The Hall–Kier alpha value is -2.65. The van der Waals surface area contributed by atoms with E-state index in [1.165, 1.54) is 11.8 Å². The lowest BCUT2D eigenvalue weighted by atomic mass is 10.2. The van der Waals surface area contributed by atoms with Gasteiger partial charge in [-0.25, -0.2) is 5.43 Å². The molecule has 1 amide bonds.